The number of carboxylic acid groups (broad SMARTS) is 1. The van der Waals surface area contributed by atoms with Crippen molar-refractivity contribution < 1.29 is 19.4 Å². The Morgan fingerprint density at radius 3 is 2.53 bits per heavy atom. The first kappa shape index (κ1) is 22.5. The molecule has 0 saturated carbocycles. The summed E-state index contributed by atoms with van der Waals surface area (Å²) < 4.78 is 6.05. The molecule has 1 aliphatic heterocycles. The van der Waals surface area contributed by atoms with Crippen molar-refractivity contribution in [2.24, 2.45) is 11.0 Å². The number of ether oxygens (including phenoxy) is 1. The molecule has 1 amide bonds. The Morgan fingerprint density at radius 1 is 1.23 bits per heavy atom. The Balaban J connectivity index is 1.91. The highest BCUT2D eigenvalue weighted by Gasteiger charge is 2.37. The number of carbonyl (C=O) groups is 2. The lowest BCUT2D eigenvalue weighted by atomic mass is 9.93. The Labute approximate surface area is 191 Å². The van der Waals surface area contributed by atoms with Gasteiger partial charge in [-0.3, -0.25) is 4.79 Å². The van der Waals surface area contributed by atoms with Crippen LogP contribution < -0.4 is 5.01 Å². The topological polar surface area (TPSA) is 79.2 Å². The second-order valence-corrected chi connectivity index (χ2v) is 8.29. The van der Waals surface area contributed by atoms with Gasteiger partial charge in [0, 0.05) is 17.2 Å². The fourth-order valence-corrected chi connectivity index (χ4v) is 3.59. The number of carbonyl (C=O) groups excluding carboxylic acids is 1. The van der Waals surface area contributed by atoms with Gasteiger partial charge in [-0.05, 0) is 54.5 Å². The normalized spacial score (nSPS) is 16.7. The smallest absolute Gasteiger partial charge is 0.331 e. The van der Waals surface area contributed by atoms with E-state index in [0.29, 0.717) is 27.0 Å². The Morgan fingerprint density at radius 2 is 1.93 bits per heavy atom. The molecular weight excluding hydrogens is 495 g/mol. The van der Waals surface area contributed by atoms with E-state index < -0.39 is 11.9 Å². The molecule has 1 heterocycles. The Bertz CT molecular complexity index is 1040. The first-order valence-corrected chi connectivity index (χ1v) is 10.4. The minimum absolute atomic E-state index is 0.0381. The number of methoxy groups -OCH3 is 1. The number of aliphatic carboxylic acids is 1. The van der Waals surface area contributed by atoms with Crippen molar-refractivity contribution in [3.63, 3.8) is 0 Å². The number of hydrogen-bond donors (Lipinski definition) is 1. The molecule has 0 saturated heterocycles. The summed E-state index contributed by atoms with van der Waals surface area (Å²) in [5.74, 6) is -2.20. The molecule has 6 nitrogen and oxygen atoms in total. The van der Waals surface area contributed by atoms with Gasteiger partial charge in [-0.25, -0.2) is 9.80 Å². The van der Waals surface area contributed by atoms with Gasteiger partial charge in [0.1, 0.15) is 0 Å². The molecular formula is C21H17BrCl2N2O4. The van der Waals surface area contributed by atoms with Gasteiger partial charge in [-0.15, -0.1) is 0 Å². The number of anilines is 1. The van der Waals surface area contributed by atoms with Crippen LogP contribution in [0.15, 0.2) is 57.6 Å². The fraction of sp³-hybridized carbons (Fsp3) is 0.190. The van der Waals surface area contributed by atoms with Crippen molar-refractivity contribution in [3.05, 3.63) is 68.1 Å². The largest absolute Gasteiger partial charge is 0.478 e. The van der Waals surface area contributed by atoms with Crippen molar-refractivity contribution in [1.29, 1.82) is 0 Å². The van der Waals surface area contributed by atoms with Crippen LogP contribution in [0.2, 0.25) is 10.0 Å². The molecule has 1 atom stereocenters. The molecule has 2 aromatic carbocycles. The van der Waals surface area contributed by atoms with E-state index in [2.05, 4.69) is 21.0 Å². The van der Waals surface area contributed by atoms with Gasteiger partial charge in [0.15, 0.2) is 0 Å². The summed E-state index contributed by atoms with van der Waals surface area (Å²) in [6, 6.07) is 11.9. The first-order valence-electron chi connectivity index (χ1n) is 8.85. The number of hydrazone groups is 1. The summed E-state index contributed by atoms with van der Waals surface area (Å²) in [4.78, 5) is 24.9. The first-order chi connectivity index (χ1) is 14.3. The van der Waals surface area contributed by atoms with Crippen molar-refractivity contribution in [1.82, 2.24) is 0 Å². The zero-order chi connectivity index (χ0) is 21.8. The molecule has 0 radical (unpaired) electrons. The Hall–Kier alpha value is -2.19. The van der Waals surface area contributed by atoms with E-state index in [-0.39, 0.29) is 24.5 Å². The van der Waals surface area contributed by atoms with E-state index in [1.165, 1.54) is 18.2 Å². The van der Waals surface area contributed by atoms with Crippen molar-refractivity contribution >= 4 is 68.5 Å². The van der Waals surface area contributed by atoms with Gasteiger partial charge in [-0.2, -0.15) is 5.10 Å². The Kier molecular flexibility index (Phi) is 7.31. The van der Waals surface area contributed by atoms with Crippen molar-refractivity contribution in [2.75, 3.05) is 18.7 Å². The molecule has 0 fully saturated rings. The third-order valence-corrected chi connectivity index (χ3v) is 5.75. The third-order valence-electron chi connectivity index (χ3n) is 4.48. The molecule has 9 heteroatoms. The van der Waals surface area contributed by atoms with Gasteiger partial charge in [-0.1, -0.05) is 45.2 Å². The van der Waals surface area contributed by atoms with Crippen LogP contribution in [-0.2, 0) is 14.3 Å². The average molecular weight is 512 g/mol. The standard InChI is InChI=1S/C21H17BrCl2N2O4/c1-30-11-19-16(20(27)26(25-19)15-5-3-14(22)4-6-15)10-13(21(28)29)8-12-2-7-17(23)18(24)9-12/h2-9,16H,10-11H2,1H3,(H,28,29)/b13-8-. The predicted molar refractivity (Wildman–Crippen MR) is 121 cm³/mol. The lowest BCUT2D eigenvalue weighted by molar-refractivity contribution is -0.132. The maximum Gasteiger partial charge on any atom is 0.331 e. The minimum Gasteiger partial charge on any atom is -0.478 e. The second kappa shape index (κ2) is 9.75. The van der Waals surface area contributed by atoms with E-state index in [4.69, 9.17) is 27.9 Å². The summed E-state index contributed by atoms with van der Waals surface area (Å²) in [6.45, 7) is 0.114. The fourth-order valence-electron chi connectivity index (χ4n) is 3.02. The number of hydrogen-bond acceptors (Lipinski definition) is 4. The molecule has 1 N–H and O–H groups in total. The molecule has 0 aromatic heterocycles. The van der Waals surface area contributed by atoms with Gasteiger partial charge >= 0.3 is 5.97 Å². The average Bonchev–Trinajstić information content (AvgIpc) is 3.00. The van der Waals surface area contributed by atoms with Crippen LogP contribution in [-0.4, -0.2) is 36.4 Å². The summed E-state index contributed by atoms with van der Waals surface area (Å²) in [5.41, 5.74) is 1.67. The number of rotatable bonds is 7. The molecule has 0 bridgehead atoms. The van der Waals surface area contributed by atoms with Crippen LogP contribution in [0.1, 0.15) is 12.0 Å². The van der Waals surface area contributed by atoms with Crippen molar-refractivity contribution in [2.45, 2.75) is 6.42 Å². The zero-order valence-electron chi connectivity index (χ0n) is 15.8. The van der Waals surface area contributed by atoms with Crippen LogP contribution in [0.25, 0.3) is 6.08 Å². The van der Waals surface area contributed by atoms with Gasteiger partial charge in [0.05, 0.1) is 34.0 Å². The number of carboxylic acids is 1. The summed E-state index contributed by atoms with van der Waals surface area (Å²) in [6.07, 6.45) is 1.44. The molecule has 1 unspecified atom stereocenters. The molecule has 0 aliphatic carbocycles. The number of benzene rings is 2. The van der Waals surface area contributed by atoms with E-state index in [1.54, 1.807) is 42.5 Å². The summed E-state index contributed by atoms with van der Waals surface area (Å²) >= 11 is 15.3. The van der Waals surface area contributed by atoms with E-state index in [9.17, 15) is 14.7 Å². The van der Waals surface area contributed by atoms with Crippen LogP contribution in [0, 0.1) is 5.92 Å². The molecule has 156 valence electrons. The van der Waals surface area contributed by atoms with Gasteiger partial charge in [0.25, 0.3) is 5.91 Å². The predicted octanol–water partition coefficient (Wildman–Crippen LogP) is 5.28. The zero-order valence-corrected chi connectivity index (χ0v) is 18.9. The molecule has 0 spiro atoms. The number of halogens is 3. The quantitative estimate of drug-likeness (QED) is 0.513. The molecule has 1 aliphatic rings. The minimum atomic E-state index is -1.13. The summed E-state index contributed by atoms with van der Waals surface area (Å²) in [5, 5.41) is 16.1. The van der Waals surface area contributed by atoms with Gasteiger partial charge in [0.2, 0.25) is 0 Å². The lowest BCUT2D eigenvalue weighted by Gasteiger charge is -2.15. The van der Waals surface area contributed by atoms with E-state index >= 15 is 0 Å². The molecule has 2 aromatic rings. The number of nitrogens with zero attached hydrogens (tertiary/aromatic N) is 2. The number of amides is 1. The maximum atomic E-state index is 13.1. The monoisotopic (exact) mass is 510 g/mol. The van der Waals surface area contributed by atoms with Crippen LogP contribution in [0.5, 0.6) is 0 Å². The highest BCUT2D eigenvalue weighted by atomic mass is 79.9. The van der Waals surface area contributed by atoms with Crippen LogP contribution in [0.3, 0.4) is 0 Å². The molecule has 3 rings (SSSR count). The van der Waals surface area contributed by atoms with Crippen LogP contribution >= 0.6 is 39.1 Å². The van der Waals surface area contributed by atoms with E-state index in [0.717, 1.165) is 4.47 Å². The van der Waals surface area contributed by atoms with Gasteiger partial charge < -0.3 is 9.84 Å². The van der Waals surface area contributed by atoms with Crippen LogP contribution in [0.4, 0.5) is 5.69 Å². The highest BCUT2D eigenvalue weighted by Crippen LogP contribution is 2.30. The molecule has 30 heavy (non-hydrogen) atoms. The lowest BCUT2D eigenvalue weighted by Crippen LogP contribution is -2.29. The SMILES string of the molecule is COCC1=NN(c2ccc(Br)cc2)C(=O)C1C/C(=C/c1ccc(Cl)c(Cl)c1)C(=O)O. The highest BCUT2D eigenvalue weighted by molar-refractivity contribution is 9.10. The maximum absolute atomic E-state index is 13.1. The van der Waals surface area contributed by atoms with Crippen molar-refractivity contribution in [3.8, 4) is 0 Å². The second-order valence-electron chi connectivity index (χ2n) is 6.56. The third kappa shape index (κ3) is 5.10. The summed E-state index contributed by atoms with van der Waals surface area (Å²) in [7, 11) is 1.50. The van der Waals surface area contributed by atoms with E-state index in [1.807, 2.05) is 0 Å².